The van der Waals surface area contributed by atoms with Gasteiger partial charge in [-0.05, 0) is 69.7 Å². The van der Waals surface area contributed by atoms with Crippen LogP contribution in [0, 0.1) is 10.1 Å². The summed E-state index contributed by atoms with van der Waals surface area (Å²) in [7, 11) is 0. The summed E-state index contributed by atoms with van der Waals surface area (Å²) in [6, 6.07) is 11.2. The first-order valence-corrected chi connectivity index (χ1v) is 10.4. The molecule has 148 valence electrons. The summed E-state index contributed by atoms with van der Waals surface area (Å²) in [6.45, 7) is -0.432. The van der Waals surface area contributed by atoms with Crippen LogP contribution in [-0.4, -0.2) is 33.4 Å². The third-order valence-corrected chi connectivity index (χ3v) is 5.87. The van der Waals surface area contributed by atoms with E-state index in [9.17, 15) is 24.5 Å². The van der Waals surface area contributed by atoms with Crippen molar-refractivity contribution in [2.45, 2.75) is 0 Å². The van der Waals surface area contributed by atoms with Gasteiger partial charge in [0, 0.05) is 16.2 Å². The Labute approximate surface area is 185 Å². The number of carbonyl (C=O) groups is 3. The summed E-state index contributed by atoms with van der Waals surface area (Å²) in [5, 5.41) is 13.1. The molecule has 8 nitrogen and oxygen atoms in total. The summed E-state index contributed by atoms with van der Waals surface area (Å²) in [5.74, 6) is -1.15. The van der Waals surface area contributed by atoms with Crippen LogP contribution in [0.4, 0.5) is 16.2 Å². The van der Waals surface area contributed by atoms with Gasteiger partial charge in [-0.2, -0.15) is 0 Å². The first-order valence-electron chi connectivity index (χ1n) is 7.99. The third kappa shape index (κ3) is 5.11. The average molecular weight is 541 g/mol. The highest BCUT2D eigenvalue weighted by Gasteiger charge is 2.36. The number of rotatable bonds is 5. The summed E-state index contributed by atoms with van der Waals surface area (Å²) in [5.41, 5.74) is 0.763. The molecule has 0 aromatic heterocycles. The second-order valence-corrected chi connectivity index (χ2v) is 8.55. The molecule has 1 N–H and O–H groups in total. The van der Waals surface area contributed by atoms with Crippen LogP contribution in [0.15, 0.2) is 56.3 Å². The van der Waals surface area contributed by atoms with E-state index < -0.39 is 28.5 Å². The molecule has 2 aromatic rings. The molecule has 0 aliphatic carbocycles. The van der Waals surface area contributed by atoms with Gasteiger partial charge >= 0.3 is 0 Å². The Kier molecular flexibility index (Phi) is 6.50. The fourth-order valence-electron chi connectivity index (χ4n) is 2.42. The number of hydrogen-bond donors (Lipinski definition) is 1. The van der Waals surface area contributed by atoms with Crippen molar-refractivity contribution >= 4 is 78.1 Å². The zero-order valence-corrected chi connectivity index (χ0v) is 18.4. The zero-order valence-electron chi connectivity index (χ0n) is 14.4. The number of nitro benzene ring substituents is 1. The highest BCUT2D eigenvalue weighted by molar-refractivity contribution is 9.10. The van der Waals surface area contributed by atoms with Gasteiger partial charge in [0.05, 0.1) is 14.3 Å². The molecule has 1 saturated heterocycles. The molecule has 1 heterocycles. The molecule has 0 saturated carbocycles. The molecule has 3 rings (SSSR count). The second kappa shape index (κ2) is 8.89. The monoisotopic (exact) mass is 539 g/mol. The zero-order chi connectivity index (χ0) is 21.1. The summed E-state index contributed by atoms with van der Waals surface area (Å²) in [6.07, 6.45) is 1.39. The number of carbonyl (C=O) groups excluding carboxylic acids is 3. The summed E-state index contributed by atoms with van der Waals surface area (Å²) < 4.78 is 1.15. The van der Waals surface area contributed by atoms with Crippen LogP contribution in [-0.2, 0) is 9.59 Å². The van der Waals surface area contributed by atoms with Crippen LogP contribution >= 0.6 is 43.6 Å². The Hall–Kier alpha value is -2.50. The topological polar surface area (TPSA) is 110 Å². The number of halogens is 2. The number of benzene rings is 2. The Bertz CT molecular complexity index is 1060. The Morgan fingerprint density at radius 1 is 1.17 bits per heavy atom. The molecule has 11 heteroatoms. The fourth-order valence-corrected chi connectivity index (χ4v) is 3.92. The molecular weight excluding hydrogens is 530 g/mol. The predicted octanol–water partition coefficient (Wildman–Crippen LogP) is 4.79. The number of hydrogen-bond acceptors (Lipinski definition) is 6. The predicted molar refractivity (Wildman–Crippen MR) is 116 cm³/mol. The van der Waals surface area contributed by atoms with E-state index >= 15 is 0 Å². The van der Waals surface area contributed by atoms with Gasteiger partial charge in [0.15, 0.2) is 0 Å². The van der Waals surface area contributed by atoms with Crippen molar-refractivity contribution in [2.75, 3.05) is 11.9 Å². The van der Waals surface area contributed by atoms with Crippen LogP contribution in [0.2, 0.25) is 0 Å². The number of anilines is 1. The first kappa shape index (κ1) is 21.2. The lowest BCUT2D eigenvalue weighted by molar-refractivity contribution is -0.385. The van der Waals surface area contributed by atoms with E-state index in [0.717, 1.165) is 9.37 Å². The highest BCUT2D eigenvalue weighted by Crippen LogP contribution is 2.33. The van der Waals surface area contributed by atoms with Crippen LogP contribution in [0.1, 0.15) is 5.56 Å². The van der Waals surface area contributed by atoms with Gasteiger partial charge in [0.1, 0.15) is 6.54 Å². The molecule has 0 bridgehead atoms. The number of amides is 3. The lowest BCUT2D eigenvalue weighted by Crippen LogP contribution is -2.36. The molecule has 0 atom stereocenters. The van der Waals surface area contributed by atoms with Gasteiger partial charge in [0.25, 0.3) is 16.8 Å². The number of nitro groups is 1. The van der Waals surface area contributed by atoms with Crippen molar-refractivity contribution in [3.05, 3.63) is 72.0 Å². The second-order valence-electron chi connectivity index (χ2n) is 5.79. The van der Waals surface area contributed by atoms with E-state index in [-0.39, 0.29) is 10.6 Å². The van der Waals surface area contributed by atoms with Gasteiger partial charge in [-0.1, -0.05) is 22.0 Å². The Balaban J connectivity index is 1.73. The van der Waals surface area contributed by atoms with Gasteiger partial charge < -0.3 is 5.32 Å². The minimum absolute atomic E-state index is 0.0862. The minimum Gasteiger partial charge on any atom is -0.325 e. The largest absolute Gasteiger partial charge is 0.325 e. The van der Waals surface area contributed by atoms with E-state index in [0.29, 0.717) is 27.5 Å². The molecular formula is C18H11Br2N3O5S. The summed E-state index contributed by atoms with van der Waals surface area (Å²) >= 11 is 7.05. The number of nitrogens with zero attached hydrogens (tertiary/aromatic N) is 2. The molecule has 2 aromatic carbocycles. The molecule has 0 spiro atoms. The van der Waals surface area contributed by atoms with Crippen molar-refractivity contribution in [2.24, 2.45) is 0 Å². The smallest absolute Gasteiger partial charge is 0.294 e. The molecule has 0 unspecified atom stereocenters. The van der Waals surface area contributed by atoms with Crippen LogP contribution in [0.5, 0.6) is 0 Å². The molecule has 1 aliphatic rings. The van der Waals surface area contributed by atoms with E-state index in [1.54, 1.807) is 30.3 Å². The molecule has 1 fully saturated rings. The van der Waals surface area contributed by atoms with Crippen molar-refractivity contribution in [3.8, 4) is 0 Å². The van der Waals surface area contributed by atoms with Crippen LogP contribution in [0.25, 0.3) is 6.08 Å². The summed E-state index contributed by atoms with van der Waals surface area (Å²) in [4.78, 5) is 48.3. The van der Waals surface area contributed by atoms with Gasteiger partial charge in [-0.3, -0.25) is 29.4 Å². The fraction of sp³-hybridized carbons (Fsp3) is 0.0556. The first-order chi connectivity index (χ1) is 13.7. The Morgan fingerprint density at radius 2 is 1.86 bits per heavy atom. The van der Waals surface area contributed by atoms with E-state index in [1.807, 2.05) is 0 Å². The normalized spacial score (nSPS) is 15.1. The van der Waals surface area contributed by atoms with Crippen molar-refractivity contribution in [1.29, 1.82) is 0 Å². The average Bonchev–Trinajstić information content (AvgIpc) is 2.92. The molecule has 3 amide bonds. The number of imide groups is 1. The van der Waals surface area contributed by atoms with Crippen LogP contribution in [0.3, 0.4) is 0 Å². The van der Waals surface area contributed by atoms with E-state index in [1.165, 1.54) is 18.2 Å². The van der Waals surface area contributed by atoms with Gasteiger partial charge in [-0.15, -0.1) is 0 Å². The molecule has 29 heavy (non-hydrogen) atoms. The molecule has 1 aliphatic heterocycles. The SMILES string of the molecule is O=C(CN1C(=O)S/C(=C\c2ccc(Br)c([N+](=O)[O-])c2)C1=O)Nc1ccc(Br)cc1. The number of thioether (sulfide) groups is 1. The standard InChI is InChI=1S/C18H11Br2N3O5S/c19-11-2-4-12(5-3-11)21-16(24)9-22-17(25)15(29-18(22)26)8-10-1-6-13(20)14(7-10)23(27)28/h1-8H,9H2,(H,21,24)/b15-8-. The lowest BCUT2D eigenvalue weighted by atomic mass is 10.2. The lowest BCUT2D eigenvalue weighted by Gasteiger charge is -2.12. The van der Waals surface area contributed by atoms with Crippen LogP contribution < -0.4 is 5.32 Å². The third-order valence-electron chi connectivity index (χ3n) is 3.77. The van der Waals surface area contributed by atoms with Gasteiger partial charge in [0.2, 0.25) is 5.91 Å². The maximum absolute atomic E-state index is 12.5. The maximum atomic E-state index is 12.5. The Morgan fingerprint density at radius 3 is 2.52 bits per heavy atom. The van der Waals surface area contributed by atoms with Gasteiger partial charge in [-0.25, -0.2) is 0 Å². The van der Waals surface area contributed by atoms with E-state index in [4.69, 9.17) is 0 Å². The minimum atomic E-state index is -0.628. The highest BCUT2D eigenvalue weighted by atomic mass is 79.9. The van der Waals surface area contributed by atoms with Crippen molar-refractivity contribution in [1.82, 2.24) is 4.90 Å². The van der Waals surface area contributed by atoms with Crippen molar-refractivity contribution in [3.63, 3.8) is 0 Å². The van der Waals surface area contributed by atoms with Crippen molar-refractivity contribution < 1.29 is 19.3 Å². The number of nitrogens with one attached hydrogen (secondary N) is 1. The van der Waals surface area contributed by atoms with E-state index in [2.05, 4.69) is 37.2 Å². The maximum Gasteiger partial charge on any atom is 0.294 e. The quantitative estimate of drug-likeness (QED) is 0.331. The molecule has 0 radical (unpaired) electrons.